The van der Waals surface area contributed by atoms with Crippen LogP contribution in [0.15, 0.2) is 27.1 Å². The number of benzene rings is 1. The Labute approximate surface area is 124 Å². The number of halogens is 2. The molecule has 1 aromatic carbocycles. The number of rotatable bonds is 2. The van der Waals surface area contributed by atoms with Gasteiger partial charge < -0.3 is 10.5 Å². The van der Waals surface area contributed by atoms with Gasteiger partial charge in [0.15, 0.2) is 10.8 Å². The molecule has 0 atom stereocenters. The van der Waals surface area contributed by atoms with Gasteiger partial charge in [0.05, 0.1) is 12.0 Å². The maximum absolute atomic E-state index is 11.6. The summed E-state index contributed by atoms with van der Waals surface area (Å²) in [7, 11) is 1.32. The molecule has 94 valence electrons. The predicted molar refractivity (Wildman–Crippen MR) is 78.7 cm³/mol. The summed E-state index contributed by atoms with van der Waals surface area (Å²) < 4.78 is 6.52. The first-order chi connectivity index (χ1) is 8.52. The van der Waals surface area contributed by atoms with E-state index in [4.69, 9.17) is 10.5 Å². The van der Waals surface area contributed by atoms with Crippen LogP contribution >= 0.6 is 43.2 Å². The lowest BCUT2D eigenvalue weighted by Crippen LogP contribution is -2.03. The normalized spacial score (nSPS) is 10.4. The summed E-state index contributed by atoms with van der Waals surface area (Å²) in [6, 6.07) is 5.66. The number of nitrogens with zero attached hydrogens (tertiary/aromatic N) is 1. The summed E-state index contributed by atoms with van der Waals surface area (Å²) in [5.74, 6) is -0.489. The topological polar surface area (TPSA) is 65.2 Å². The maximum Gasteiger partial charge on any atom is 0.358 e. The summed E-state index contributed by atoms with van der Waals surface area (Å²) in [5.41, 5.74) is 6.76. The van der Waals surface area contributed by atoms with E-state index in [2.05, 4.69) is 36.8 Å². The van der Waals surface area contributed by atoms with Gasteiger partial charge in [-0.05, 0) is 49.6 Å². The SMILES string of the molecule is COC(=O)c1nc(N)sc1-c1ccc(Br)c(Br)c1. The molecule has 0 amide bonds. The highest BCUT2D eigenvalue weighted by molar-refractivity contribution is 9.13. The predicted octanol–water partition coefficient (Wildman–Crippen LogP) is 3.70. The number of thiazole rings is 1. The Kier molecular flexibility index (Phi) is 4.04. The van der Waals surface area contributed by atoms with Gasteiger partial charge in [-0.3, -0.25) is 0 Å². The third-order valence-corrected chi connectivity index (χ3v) is 5.02. The molecule has 0 fully saturated rings. The van der Waals surface area contributed by atoms with E-state index in [0.29, 0.717) is 10.0 Å². The van der Waals surface area contributed by atoms with Crippen LogP contribution in [0.3, 0.4) is 0 Å². The van der Waals surface area contributed by atoms with E-state index >= 15 is 0 Å². The average Bonchev–Trinajstić information content (AvgIpc) is 2.74. The molecular weight excluding hydrogens is 384 g/mol. The number of ether oxygens (including phenoxy) is 1. The lowest BCUT2D eigenvalue weighted by molar-refractivity contribution is 0.0596. The molecule has 2 N–H and O–H groups in total. The van der Waals surface area contributed by atoms with Crippen molar-refractivity contribution in [3.05, 3.63) is 32.8 Å². The van der Waals surface area contributed by atoms with E-state index in [-0.39, 0.29) is 5.69 Å². The van der Waals surface area contributed by atoms with Crippen molar-refractivity contribution in [1.82, 2.24) is 4.98 Å². The summed E-state index contributed by atoms with van der Waals surface area (Å²) in [5, 5.41) is 0.337. The summed E-state index contributed by atoms with van der Waals surface area (Å²) >= 11 is 8.07. The molecule has 0 saturated carbocycles. The van der Waals surface area contributed by atoms with Crippen LogP contribution in [0.2, 0.25) is 0 Å². The number of anilines is 1. The molecule has 0 saturated heterocycles. The van der Waals surface area contributed by atoms with Gasteiger partial charge in [0.1, 0.15) is 0 Å². The summed E-state index contributed by atoms with van der Waals surface area (Å²) in [6.07, 6.45) is 0. The fraction of sp³-hybridized carbons (Fsp3) is 0.0909. The number of esters is 1. The Bertz CT molecular complexity index is 613. The third-order valence-electron chi connectivity index (χ3n) is 2.20. The van der Waals surface area contributed by atoms with Crippen molar-refractivity contribution in [2.24, 2.45) is 0 Å². The first-order valence-corrected chi connectivity index (χ1v) is 7.23. The van der Waals surface area contributed by atoms with Crippen LogP contribution in [0.1, 0.15) is 10.5 Å². The number of aromatic nitrogens is 1. The Morgan fingerprint density at radius 2 is 2.11 bits per heavy atom. The molecule has 4 nitrogen and oxygen atoms in total. The molecule has 1 heterocycles. The van der Waals surface area contributed by atoms with Gasteiger partial charge in [0, 0.05) is 8.95 Å². The second kappa shape index (κ2) is 5.38. The first-order valence-electron chi connectivity index (χ1n) is 4.83. The fourth-order valence-electron chi connectivity index (χ4n) is 1.40. The van der Waals surface area contributed by atoms with E-state index in [9.17, 15) is 4.79 Å². The van der Waals surface area contributed by atoms with Crippen LogP contribution in [0.25, 0.3) is 10.4 Å². The van der Waals surface area contributed by atoms with E-state index in [1.165, 1.54) is 18.4 Å². The number of nitrogens with two attached hydrogens (primary N) is 1. The second-order valence-electron chi connectivity index (χ2n) is 3.35. The number of carbonyl (C=O) groups is 1. The monoisotopic (exact) mass is 390 g/mol. The lowest BCUT2D eigenvalue weighted by Gasteiger charge is -2.03. The van der Waals surface area contributed by atoms with E-state index in [0.717, 1.165) is 14.5 Å². The van der Waals surface area contributed by atoms with Gasteiger partial charge in [-0.2, -0.15) is 0 Å². The number of carbonyl (C=O) groups excluding carboxylic acids is 1. The highest BCUT2D eigenvalue weighted by atomic mass is 79.9. The smallest absolute Gasteiger partial charge is 0.358 e. The molecule has 18 heavy (non-hydrogen) atoms. The number of nitrogen functional groups attached to an aromatic ring is 1. The molecular formula is C11H8Br2N2O2S. The standard InChI is InChI=1S/C11H8Br2N2O2S/c1-17-10(16)8-9(18-11(14)15-8)5-2-3-6(12)7(13)4-5/h2-4H,1H3,(H2,14,15). The quantitative estimate of drug-likeness (QED) is 0.792. The number of hydrogen-bond acceptors (Lipinski definition) is 5. The van der Waals surface area contributed by atoms with Crippen LogP contribution in [0, 0.1) is 0 Å². The van der Waals surface area contributed by atoms with Gasteiger partial charge in [0.2, 0.25) is 0 Å². The number of hydrogen-bond donors (Lipinski definition) is 1. The van der Waals surface area contributed by atoms with Crippen LogP contribution in [0.4, 0.5) is 5.13 Å². The molecule has 0 aliphatic rings. The average molecular weight is 392 g/mol. The molecule has 0 aliphatic carbocycles. The van der Waals surface area contributed by atoms with Gasteiger partial charge in [-0.1, -0.05) is 17.4 Å². The van der Waals surface area contributed by atoms with Crippen LogP contribution in [-0.4, -0.2) is 18.1 Å². The van der Waals surface area contributed by atoms with Crippen molar-refractivity contribution in [1.29, 1.82) is 0 Å². The van der Waals surface area contributed by atoms with Crippen molar-refractivity contribution in [3.8, 4) is 10.4 Å². The lowest BCUT2D eigenvalue weighted by atomic mass is 10.1. The van der Waals surface area contributed by atoms with Gasteiger partial charge in [-0.15, -0.1) is 0 Å². The van der Waals surface area contributed by atoms with Crippen molar-refractivity contribution in [2.75, 3.05) is 12.8 Å². The van der Waals surface area contributed by atoms with Gasteiger partial charge in [-0.25, -0.2) is 9.78 Å². The van der Waals surface area contributed by atoms with Crippen molar-refractivity contribution in [3.63, 3.8) is 0 Å². The molecule has 2 rings (SSSR count). The highest BCUT2D eigenvalue weighted by Crippen LogP contribution is 2.35. The van der Waals surface area contributed by atoms with Gasteiger partial charge in [0.25, 0.3) is 0 Å². The number of methoxy groups -OCH3 is 1. The Morgan fingerprint density at radius 1 is 1.39 bits per heavy atom. The third kappa shape index (κ3) is 2.57. The molecule has 0 bridgehead atoms. The molecule has 0 radical (unpaired) electrons. The van der Waals surface area contributed by atoms with Gasteiger partial charge >= 0.3 is 5.97 Å². The van der Waals surface area contributed by atoms with Crippen LogP contribution in [-0.2, 0) is 4.74 Å². The summed E-state index contributed by atoms with van der Waals surface area (Å²) in [6.45, 7) is 0. The van der Waals surface area contributed by atoms with Crippen molar-refractivity contribution < 1.29 is 9.53 Å². The van der Waals surface area contributed by atoms with E-state index < -0.39 is 5.97 Å². The summed E-state index contributed by atoms with van der Waals surface area (Å²) in [4.78, 5) is 16.3. The Balaban J connectivity index is 2.56. The van der Waals surface area contributed by atoms with Crippen LogP contribution < -0.4 is 5.73 Å². The zero-order chi connectivity index (χ0) is 13.3. The Hall–Kier alpha value is -0.920. The molecule has 0 aliphatic heterocycles. The molecule has 7 heteroatoms. The minimum absolute atomic E-state index is 0.245. The molecule has 0 spiro atoms. The van der Waals surface area contributed by atoms with E-state index in [1.807, 2.05) is 18.2 Å². The molecule has 0 unspecified atom stereocenters. The second-order valence-corrected chi connectivity index (χ2v) is 6.09. The highest BCUT2D eigenvalue weighted by Gasteiger charge is 2.19. The zero-order valence-corrected chi connectivity index (χ0v) is 13.2. The Morgan fingerprint density at radius 3 is 2.72 bits per heavy atom. The maximum atomic E-state index is 11.6. The van der Waals surface area contributed by atoms with Crippen molar-refractivity contribution in [2.45, 2.75) is 0 Å². The molecule has 2 aromatic rings. The molecule has 1 aromatic heterocycles. The fourth-order valence-corrected chi connectivity index (χ4v) is 2.85. The first kappa shape index (κ1) is 13.5. The van der Waals surface area contributed by atoms with Crippen LogP contribution in [0.5, 0.6) is 0 Å². The van der Waals surface area contributed by atoms with Crippen molar-refractivity contribution >= 4 is 54.3 Å². The largest absolute Gasteiger partial charge is 0.464 e. The zero-order valence-electron chi connectivity index (χ0n) is 9.24. The minimum Gasteiger partial charge on any atom is -0.464 e. The van der Waals surface area contributed by atoms with E-state index in [1.54, 1.807) is 0 Å². The minimum atomic E-state index is -0.489.